The molecule has 1 aromatic carbocycles. The lowest BCUT2D eigenvalue weighted by molar-refractivity contribution is -0.146. The number of pyridine rings is 1. The number of ketones is 1. The number of nitrogens with zero attached hydrogens (tertiary/aromatic N) is 3. The van der Waals surface area contributed by atoms with E-state index >= 15 is 0 Å². The Bertz CT molecular complexity index is 1240. The molecule has 1 aliphatic heterocycles. The quantitative estimate of drug-likeness (QED) is 0.543. The van der Waals surface area contributed by atoms with Gasteiger partial charge in [0.15, 0.2) is 11.6 Å². The van der Waals surface area contributed by atoms with E-state index in [1.54, 1.807) is 33.7 Å². The number of hydrogen-bond acceptors (Lipinski definition) is 5. The summed E-state index contributed by atoms with van der Waals surface area (Å²) in [7, 11) is 0. The van der Waals surface area contributed by atoms with E-state index in [9.17, 15) is 19.8 Å². The molecule has 3 aromatic rings. The van der Waals surface area contributed by atoms with Crippen molar-refractivity contribution in [3.05, 3.63) is 63.5 Å². The Kier molecular flexibility index (Phi) is 5.35. The van der Waals surface area contributed by atoms with Crippen LogP contribution < -0.4 is 4.90 Å². The van der Waals surface area contributed by atoms with Gasteiger partial charge in [0.25, 0.3) is 0 Å². The van der Waals surface area contributed by atoms with Crippen molar-refractivity contribution in [1.29, 1.82) is 0 Å². The lowest BCUT2D eigenvalue weighted by Crippen LogP contribution is -2.46. The molecule has 0 spiro atoms. The molecule has 7 nitrogen and oxygen atoms in total. The van der Waals surface area contributed by atoms with Gasteiger partial charge in [0, 0.05) is 24.8 Å². The van der Waals surface area contributed by atoms with E-state index in [2.05, 4.69) is 4.98 Å². The minimum Gasteiger partial charge on any atom is -0.481 e. The smallest absolute Gasteiger partial charge is 0.309 e. The van der Waals surface area contributed by atoms with Crippen molar-refractivity contribution in [3.8, 4) is 0 Å². The molecule has 0 amide bonds. The molecular weight excluding hydrogens is 453 g/mol. The predicted octanol–water partition coefficient (Wildman–Crippen LogP) is 4.02. The fourth-order valence-corrected chi connectivity index (χ4v) is 5.02. The highest BCUT2D eigenvalue weighted by Crippen LogP contribution is 2.44. The minimum atomic E-state index is -1.05. The molecule has 166 valence electrons. The van der Waals surface area contributed by atoms with Crippen LogP contribution in [0.5, 0.6) is 0 Å². The van der Waals surface area contributed by atoms with Crippen molar-refractivity contribution in [3.63, 3.8) is 0 Å². The molecule has 1 saturated carbocycles. The molecule has 2 N–H and O–H groups in total. The molecule has 3 heterocycles. The van der Waals surface area contributed by atoms with Gasteiger partial charge in [0.2, 0.25) is 5.78 Å². The Morgan fingerprint density at radius 2 is 1.81 bits per heavy atom. The third-order valence-corrected chi connectivity index (χ3v) is 6.91. The maximum absolute atomic E-state index is 13.7. The zero-order valence-corrected chi connectivity index (χ0v) is 18.6. The van der Waals surface area contributed by atoms with Crippen molar-refractivity contribution in [2.45, 2.75) is 31.3 Å². The summed E-state index contributed by atoms with van der Waals surface area (Å²) in [5.41, 5.74) is 1.93. The summed E-state index contributed by atoms with van der Waals surface area (Å²) in [4.78, 5) is 31.5. The standard InChI is InChI=1S/C23H21Cl2N3O4/c24-15-4-1-3-13(12-6-7-12)18(15)20(30)22-26-21(19-16(25)5-2-9-28(19)22)27-10-8-14(23(31)32)17(29)11-27/h1-5,9,12,14,17,29H,6-8,10-11H2,(H,31,32)/t14-,17-/m1/s1. The first-order valence-corrected chi connectivity index (χ1v) is 11.3. The molecule has 0 unspecified atom stereocenters. The molecular formula is C23H21Cl2N3O4. The van der Waals surface area contributed by atoms with Gasteiger partial charge in [-0.3, -0.25) is 14.0 Å². The van der Waals surface area contributed by atoms with Crippen LogP contribution in [-0.4, -0.2) is 50.5 Å². The maximum Gasteiger partial charge on any atom is 0.309 e. The Morgan fingerprint density at radius 1 is 1.06 bits per heavy atom. The van der Waals surface area contributed by atoms with Crippen molar-refractivity contribution in [2.24, 2.45) is 5.92 Å². The number of fused-ring (bicyclic) bond motifs is 1. The second-order valence-electron chi connectivity index (χ2n) is 8.39. The number of benzene rings is 1. The Labute approximate surface area is 194 Å². The number of carboxylic acid groups (broad SMARTS) is 1. The lowest BCUT2D eigenvalue weighted by Gasteiger charge is -2.34. The number of halogens is 2. The topological polar surface area (TPSA) is 95.1 Å². The van der Waals surface area contributed by atoms with Crippen LogP contribution in [0.1, 0.15) is 46.9 Å². The van der Waals surface area contributed by atoms with Gasteiger partial charge in [-0.1, -0.05) is 35.3 Å². The number of rotatable bonds is 5. The number of carbonyl (C=O) groups is 2. The zero-order chi connectivity index (χ0) is 22.6. The molecule has 1 saturated heterocycles. The van der Waals surface area contributed by atoms with Gasteiger partial charge >= 0.3 is 5.97 Å². The third kappa shape index (κ3) is 3.54. The lowest BCUT2D eigenvalue weighted by atomic mass is 9.94. The van der Waals surface area contributed by atoms with Crippen LogP contribution >= 0.6 is 23.2 Å². The third-order valence-electron chi connectivity index (χ3n) is 6.29. The average Bonchev–Trinajstić information content (AvgIpc) is 3.53. The van der Waals surface area contributed by atoms with Crippen molar-refractivity contribution in [2.75, 3.05) is 18.0 Å². The molecule has 2 aliphatic rings. The number of aliphatic hydroxyl groups is 1. The highest BCUT2D eigenvalue weighted by molar-refractivity contribution is 6.36. The number of hydrogen-bond donors (Lipinski definition) is 2. The van der Waals surface area contributed by atoms with Gasteiger partial charge in [-0.2, -0.15) is 0 Å². The molecule has 2 aromatic heterocycles. The summed E-state index contributed by atoms with van der Waals surface area (Å²) in [5.74, 6) is -1.19. The van der Waals surface area contributed by atoms with E-state index in [0.717, 1.165) is 18.4 Å². The molecule has 0 bridgehead atoms. The monoisotopic (exact) mass is 473 g/mol. The van der Waals surface area contributed by atoms with Crippen LogP contribution in [0.3, 0.4) is 0 Å². The average molecular weight is 474 g/mol. The number of piperidine rings is 1. The molecule has 0 radical (unpaired) electrons. The van der Waals surface area contributed by atoms with E-state index in [4.69, 9.17) is 23.2 Å². The Hall–Kier alpha value is -2.61. The molecule has 1 aliphatic carbocycles. The van der Waals surface area contributed by atoms with Gasteiger partial charge in [-0.25, -0.2) is 4.98 Å². The van der Waals surface area contributed by atoms with Gasteiger partial charge in [0.1, 0.15) is 5.52 Å². The van der Waals surface area contributed by atoms with Gasteiger partial charge < -0.3 is 15.1 Å². The number of anilines is 1. The molecule has 5 rings (SSSR count). The summed E-state index contributed by atoms with van der Waals surface area (Å²) in [5, 5.41) is 20.5. The van der Waals surface area contributed by atoms with Gasteiger partial charge in [0.05, 0.1) is 22.1 Å². The number of aliphatic carboxylic acids is 1. The van der Waals surface area contributed by atoms with E-state index in [0.29, 0.717) is 39.4 Å². The van der Waals surface area contributed by atoms with Crippen LogP contribution in [-0.2, 0) is 4.79 Å². The fourth-order valence-electron chi connectivity index (χ4n) is 4.50. The molecule has 2 atom stereocenters. The first-order valence-electron chi connectivity index (χ1n) is 10.5. The summed E-state index contributed by atoms with van der Waals surface area (Å²) in [6, 6.07) is 8.94. The molecule has 9 heteroatoms. The first-order chi connectivity index (χ1) is 15.4. The summed E-state index contributed by atoms with van der Waals surface area (Å²) >= 11 is 13.0. The highest BCUT2D eigenvalue weighted by atomic mass is 35.5. The molecule has 32 heavy (non-hydrogen) atoms. The van der Waals surface area contributed by atoms with E-state index in [1.807, 2.05) is 12.1 Å². The van der Waals surface area contributed by atoms with Crippen molar-refractivity contribution in [1.82, 2.24) is 9.38 Å². The second-order valence-corrected chi connectivity index (χ2v) is 9.20. The molecule has 2 fully saturated rings. The fraction of sp³-hybridized carbons (Fsp3) is 0.348. The largest absolute Gasteiger partial charge is 0.481 e. The van der Waals surface area contributed by atoms with Crippen LogP contribution in [0.25, 0.3) is 5.52 Å². The predicted molar refractivity (Wildman–Crippen MR) is 121 cm³/mol. The highest BCUT2D eigenvalue weighted by Gasteiger charge is 2.36. The van der Waals surface area contributed by atoms with Crippen LogP contribution in [0.15, 0.2) is 36.5 Å². The SMILES string of the molecule is O=C(c1c(Cl)cccc1C1CC1)c1nc(N2CC[C@@H](C(=O)O)[C@H](O)C2)c2c(Cl)cccn12. The zero-order valence-electron chi connectivity index (χ0n) is 17.0. The van der Waals surface area contributed by atoms with E-state index in [1.165, 1.54) is 0 Å². The van der Waals surface area contributed by atoms with Crippen molar-refractivity contribution < 1.29 is 19.8 Å². The first kappa shape index (κ1) is 21.2. The minimum absolute atomic E-state index is 0.0852. The summed E-state index contributed by atoms with van der Waals surface area (Å²) in [6.45, 7) is 0.459. The van der Waals surface area contributed by atoms with Crippen LogP contribution in [0, 0.1) is 5.92 Å². The van der Waals surface area contributed by atoms with E-state index in [-0.39, 0.29) is 24.6 Å². The summed E-state index contributed by atoms with van der Waals surface area (Å²) < 4.78 is 1.65. The number of aliphatic hydroxyl groups excluding tert-OH is 1. The van der Waals surface area contributed by atoms with Gasteiger partial charge in [-0.15, -0.1) is 0 Å². The van der Waals surface area contributed by atoms with E-state index < -0.39 is 18.0 Å². The van der Waals surface area contributed by atoms with Crippen LogP contribution in [0.2, 0.25) is 10.0 Å². The Morgan fingerprint density at radius 3 is 2.50 bits per heavy atom. The Balaban J connectivity index is 1.60. The number of carbonyl (C=O) groups excluding carboxylic acids is 1. The summed E-state index contributed by atoms with van der Waals surface area (Å²) in [6.07, 6.45) is 2.98. The maximum atomic E-state index is 13.7. The van der Waals surface area contributed by atoms with Crippen LogP contribution in [0.4, 0.5) is 5.82 Å². The number of aromatic nitrogens is 2. The number of carboxylic acids is 1. The number of β-amino-alcohol motifs (C(OH)–C–C–N with tert-alkyl or cyclic N) is 1. The van der Waals surface area contributed by atoms with Crippen molar-refractivity contribution >= 4 is 46.3 Å². The second kappa shape index (κ2) is 8.06. The normalized spacial score (nSPS) is 21.2. The number of imidazole rings is 1. The van der Waals surface area contributed by atoms with Gasteiger partial charge in [-0.05, 0) is 48.9 Å².